The van der Waals surface area contributed by atoms with Gasteiger partial charge in [0.05, 0.1) is 28.8 Å². The second kappa shape index (κ2) is 11.0. The van der Waals surface area contributed by atoms with Crippen LogP contribution in [0.2, 0.25) is 10.0 Å². The Morgan fingerprint density at radius 1 is 1.03 bits per heavy atom. The number of halogens is 5. The van der Waals surface area contributed by atoms with Gasteiger partial charge in [-0.25, -0.2) is 8.42 Å². The van der Waals surface area contributed by atoms with Crippen molar-refractivity contribution in [2.45, 2.75) is 12.3 Å². The van der Waals surface area contributed by atoms with Crippen LogP contribution in [0.15, 0.2) is 60.7 Å². The minimum absolute atomic E-state index is 0.00118. The molecule has 0 aromatic heterocycles. The summed E-state index contributed by atoms with van der Waals surface area (Å²) in [4.78, 5) is 12.8. The third-order valence-corrected chi connectivity index (χ3v) is 6.01. The summed E-state index contributed by atoms with van der Waals surface area (Å²) < 4.78 is 67.5. The van der Waals surface area contributed by atoms with E-state index in [2.05, 4.69) is 14.8 Å². The second-order valence-electron chi connectivity index (χ2n) is 7.58. The summed E-state index contributed by atoms with van der Waals surface area (Å²) in [6.07, 6.45) is -3.93. The van der Waals surface area contributed by atoms with Gasteiger partial charge in [-0.1, -0.05) is 53.5 Å². The van der Waals surface area contributed by atoms with Gasteiger partial charge in [-0.15, -0.1) is 13.2 Å². The lowest BCUT2D eigenvalue weighted by Crippen LogP contribution is -2.24. The Bertz CT molecular complexity index is 1340. The molecule has 0 radical (unpaired) electrons. The first-order chi connectivity index (χ1) is 16.8. The van der Waals surface area contributed by atoms with Gasteiger partial charge >= 0.3 is 6.36 Å². The van der Waals surface area contributed by atoms with Gasteiger partial charge in [-0.05, 0) is 35.9 Å². The summed E-state index contributed by atoms with van der Waals surface area (Å²) in [6, 6.07) is 13.8. The molecule has 36 heavy (non-hydrogen) atoms. The minimum atomic E-state index is -4.93. The summed E-state index contributed by atoms with van der Waals surface area (Å²) >= 11 is 12.6. The van der Waals surface area contributed by atoms with E-state index in [1.54, 1.807) is 0 Å². The number of rotatable bonds is 8. The van der Waals surface area contributed by atoms with Gasteiger partial charge in [0.1, 0.15) is 5.75 Å². The number of para-hydroxylation sites is 1. The first kappa shape index (κ1) is 27.6. The van der Waals surface area contributed by atoms with Crippen LogP contribution in [0.5, 0.6) is 5.75 Å². The van der Waals surface area contributed by atoms with E-state index in [0.29, 0.717) is 5.56 Å². The highest BCUT2D eigenvalue weighted by atomic mass is 35.5. The number of hydrogen-bond acceptors (Lipinski definition) is 5. The summed E-state index contributed by atoms with van der Waals surface area (Å²) in [5.41, 5.74) is 0.896. The fraction of sp³-hybridized carbons (Fsp3) is 0.174. The van der Waals surface area contributed by atoms with Crippen LogP contribution in [0.3, 0.4) is 0 Å². The van der Waals surface area contributed by atoms with Crippen molar-refractivity contribution in [1.82, 2.24) is 0 Å². The molecule has 3 aromatic rings. The molecule has 0 bridgehead atoms. The molecule has 7 nitrogen and oxygen atoms in total. The van der Waals surface area contributed by atoms with Gasteiger partial charge in [0.15, 0.2) is 0 Å². The van der Waals surface area contributed by atoms with Crippen molar-refractivity contribution in [3.05, 3.63) is 76.3 Å². The van der Waals surface area contributed by atoms with Gasteiger partial charge in [-0.2, -0.15) is 0 Å². The third kappa shape index (κ3) is 7.26. The Labute approximate surface area is 214 Å². The van der Waals surface area contributed by atoms with Crippen molar-refractivity contribution in [3.8, 4) is 16.9 Å². The van der Waals surface area contributed by atoms with Gasteiger partial charge in [0.2, 0.25) is 15.9 Å². The van der Waals surface area contributed by atoms with Crippen molar-refractivity contribution < 1.29 is 36.2 Å². The third-order valence-electron chi connectivity index (χ3n) is 4.81. The fourth-order valence-corrected chi connectivity index (χ4v) is 4.61. The number of alkyl halides is 3. The standard InChI is InChI=1S/C23H19Cl2F3N2O5S/c1-36(33,34)30-14-8-6-13(7-9-14)17(12-31)22(32)29-15-10-18(24)21(19(25)11-15)16-4-2-3-5-20(16)35-23(26,27)28/h2-11,17,30-31H,12H2,1H3,(H,29,32). The SMILES string of the molecule is CS(=O)(=O)Nc1ccc(C(CO)C(=O)Nc2cc(Cl)c(-c3ccccc3OC(F)(F)F)c(Cl)c2)cc1. The summed E-state index contributed by atoms with van der Waals surface area (Å²) in [5.74, 6) is -2.14. The highest BCUT2D eigenvalue weighted by Gasteiger charge is 2.32. The lowest BCUT2D eigenvalue weighted by atomic mass is 9.98. The van der Waals surface area contributed by atoms with Crippen molar-refractivity contribution >= 4 is 50.5 Å². The maximum atomic E-state index is 12.8. The maximum absolute atomic E-state index is 12.8. The Hall–Kier alpha value is -2.99. The van der Waals surface area contributed by atoms with Crippen LogP contribution in [-0.4, -0.2) is 38.7 Å². The molecule has 0 saturated carbocycles. The molecule has 1 amide bonds. The van der Waals surface area contributed by atoms with Crippen molar-refractivity contribution in [2.24, 2.45) is 0 Å². The molecule has 0 aliphatic carbocycles. The monoisotopic (exact) mass is 562 g/mol. The highest BCUT2D eigenvalue weighted by Crippen LogP contribution is 2.42. The maximum Gasteiger partial charge on any atom is 0.573 e. The molecule has 3 N–H and O–H groups in total. The Morgan fingerprint density at radius 3 is 2.14 bits per heavy atom. The van der Waals surface area contributed by atoms with Crippen LogP contribution in [-0.2, 0) is 14.8 Å². The topological polar surface area (TPSA) is 105 Å². The molecule has 0 aliphatic rings. The fourth-order valence-electron chi connectivity index (χ4n) is 3.36. The number of amides is 1. The van der Waals surface area contributed by atoms with E-state index in [1.807, 2.05) is 0 Å². The van der Waals surface area contributed by atoms with E-state index in [9.17, 15) is 31.5 Å². The van der Waals surface area contributed by atoms with Gasteiger partial charge in [-0.3, -0.25) is 9.52 Å². The molecule has 1 unspecified atom stereocenters. The molecular weight excluding hydrogens is 544 g/mol. The first-order valence-electron chi connectivity index (χ1n) is 10.1. The predicted molar refractivity (Wildman–Crippen MR) is 132 cm³/mol. The number of benzene rings is 3. The summed E-state index contributed by atoms with van der Waals surface area (Å²) in [7, 11) is -3.48. The number of anilines is 2. The number of nitrogens with one attached hydrogen (secondary N) is 2. The number of carbonyl (C=O) groups is 1. The number of ether oxygens (including phenoxy) is 1. The van der Waals surface area contributed by atoms with Crippen LogP contribution >= 0.6 is 23.2 Å². The quantitative estimate of drug-likeness (QED) is 0.329. The second-order valence-corrected chi connectivity index (χ2v) is 10.1. The predicted octanol–water partition coefficient (Wildman–Crippen LogP) is 5.65. The van der Waals surface area contributed by atoms with Crippen LogP contribution in [0.4, 0.5) is 24.5 Å². The average Bonchev–Trinajstić information content (AvgIpc) is 2.74. The largest absolute Gasteiger partial charge is 0.573 e. The van der Waals surface area contributed by atoms with Crippen LogP contribution < -0.4 is 14.8 Å². The van der Waals surface area contributed by atoms with Gasteiger partial charge < -0.3 is 15.2 Å². The number of aliphatic hydroxyl groups is 1. The zero-order valence-electron chi connectivity index (χ0n) is 18.4. The van der Waals surface area contributed by atoms with E-state index < -0.39 is 40.6 Å². The zero-order valence-corrected chi connectivity index (χ0v) is 20.8. The first-order valence-corrected chi connectivity index (χ1v) is 12.8. The molecular formula is C23H19Cl2F3N2O5S. The summed E-state index contributed by atoms with van der Waals surface area (Å²) in [5, 5.41) is 12.2. The molecule has 0 aliphatic heterocycles. The molecule has 0 heterocycles. The number of aliphatic hydroxyl groups excluding tert-OH is 1. The van der Waals surface area contributed by atoms with Crippen molar-refractivity contribution in [3.63, 3.8) is 0 Å². The Kier molecular flexibility index (Phi) is 8.40. The highest BCUT2D eigenvalue weighted by molar-refractivity contribution is 7.92. The normalized spacial score (nSPS) is 12.6. The van der Waals surface area contributed by atoms with Gasteiger partial charge in [0, 0.05) is 22.5 Å². The van der Waals surface area contributed by atoms with E-state index in [-0.39, 0.29) is 32.5 Å². The molecule has 1 atom stereocenters. The molecule has 0 fully saturated rings. The van der Waals surface area contributed by atoms with E-state index in [0.717, 1.165) is 12.3 Å². The van der Waals surface area contributed by atoms with Crippen LogP contribution in [0.1, 0.15) is 11.5 Å². The average molecular weight is 563 g/mol. The van der Waals surface area contributed by atoms with Crippen molar-refractivity contribution in [2.75, 3.05) is 22.9 Å². The smallest absolute Gasteiger partial charge is 0.405 e. The van der Waals surface area contributed by atoms with E-state index >= 15 is 0 Å². The van der Waals surface area contributed by atoms with Crippen LogP contribution in [0.25, 0.3) is 11.1 Å². The molecule has 192 valence electrons. The lowest BCUT2D eigenvalue weighted by molar-refractivity contribution is -0.274. The molecule has 0 spiro atoms. The number of sulfonamides is 1. The molecule has 13 heteroatoms. The van der Waals surface area contributed by atoms with E-state index in [4.69, 9.17) is 23.2 Å². The Balaban J connectivity index is 1.85. The minimum Gasteiger partial charge on any atom is -0.405 e. The Morgan fingerprint density at radius 2 is 1.61 bits per heavy atom. The van der Waals surface area contributed by atoms with Gasteiger partial charge in [0.25, 0.3) is 0 Å². The zero-order chi connectivity index (χ0) is 26.7. The number of carbonyl (C=O) groups excluding carboxylic acids is 1. The lowest BCUT2D eigenvalue weighted by Gasteiger charge is -2.18. The molecule has 3 rings (SSSR count). The molecule has 0 saturated heterocycles. The van der Waals surface area contributed by atoms with E-state index in [1.165, 1.54) is 54.6 Å². The van der Waals surface area contributed by atoms with Crippen LogP contribution in [0, 0.1) is 0 Å². The molecule has 3 aromatic carbocycles. The summed E-state index contributed by atoms with van der Waals surface area (Å²) in [6.45, 7) is -0.563. The number of hydrogen-bond donors (Lipinski definition) is 3. The van der Waals surface area contributed by atoms with Crippen molar-refractivity contribution in [1.29, 1.82) is 0 Å².